The topological polar surface area (TPSA) is 69.7 Å². The zero-order chi connectivity index (χ0) is 18.3. The van der Waals surface area contributed by atoms with Gasteiger partial charge >= 0.3 is 0 Å². The molecule has 1 aromatic carbocycles. The molecular formula is C18H29N3O3S. The highest BCUT2D eigenvalue weighted by Gasteiger charge is 2.26. The number of amides is 1. The normalized spacial score (nSPS) is 15.8. The van der Waals surface area contributed by atoms with Gasteiger partial charge in [0.25, 0.3) is 0 Å². The van der Waals surface area contributed by atoms with Gasteiger partial charge in [-0.05, 0) is 24.5 Å². The monoisotopic (exact) mass is 367 g/mol. The second-order valence-electron chi connectivity index (χ2n) is 6.78. The van der Waals surface area contributed by atoms with Crippen molar-refractivity contribution < 1.29 is 13.2 Å². The first kappa shape index (κ1) is 19.9. The molecule has 7 heteroatoms. The number of nitrogens with one attached hydrogen (secondary N) is 1. The van der Waals surface area contributed by atoms with E-state index in [-0.39, 0.29) is 23.8 Å². The maximum Gasteiger partial charge on any atom is 0.243 e. The molecule has 1 heterocycles. The van der Waals surface area contributed by atoms with E-state index in [1.165, 1.54) is 4.31 Å². The van der Waals surface area contributed by atoms with Gasteiger partial charge in [0.15, 0.2) is 0 Å². The molecule has 1 aromatic rings. The molecule has 0 unspecified atom stereocenters. The van der Waals surface area contributed by atoms with E-state index in [4.69, 9.17) is 0 Å². The van der Waals surface area contributed by atoms with Crippen molar-refractivity contribution in [3.8, 4) is 0 Å². The van der Waals surface area contributed by atoms with Gasteiger partial charge in [0.2, 0.25) is 15.9 Å². The Bertz CT molecular complexity index is 641. The Kier molecular flexibility index (Phi) is 7.40. The molecule has 140 valence electrons. The van der Waals surface area contributed by atoms with Gasteiger partial charge in [0.05, 0.1) is 4.90 Å². The third kappa shape index (κ3) is 5.80. The van der Waals surface area contributed by atoms with Crippen molar-refractivity contribution in [3.63, 3.8) is 0 Å². The fourth-order valence-electron chi connectivity index (χ4n) is 2.79. The molecule has 6 nitrogen and oxygen atoms in total. The summed E-state index contributed by atoms with van der Waals surface area (Å²) < 4.78 is 27.3. The van der Waals surface area contributed by atoms with Crippen LogP contribution in [-0.2, 0) is 14.8 Å². The van der Waals surface area contributed by atoms with Crippen LogP contribution in [0.1, 0.15) is 26.7 Å². The summed E-state index contributed by atoms with van der Waals surface area (Å²) >= 11 is 0. The van der Waals surface area contributed by atoms with Crippen molar-refractivity contribution in [1.82, 2.24) is 14.5 Å². The van der Waals surface area contributed by atoms with Crippen molar-refractivity contribution in [3.05, 3.63) is 30.3 Å². The van der Waals surface area contributed by atoms with E-state index in [2.05, 4.69) is 19.2 Å². The number of sulfonamides is 1. The van der Waals surface area contributed by atoms with Gasteiger partial charge < -0.3 is 10.2 Å². The van der Waals surface area contributed by atoms with Gasteiger partial charge in [-0.15, -0.1) is 0 Å². The largest absolute Gasteiger partial charge is 0.340 e. The second kappa shape index (κ2) is 9.31. The quantitative estimate of drug-likeness (QED) is 0.757. The van der Waals surface area contributed by atoms with Crippen molar-refractivity contribution in [2.75, 3.05) is 39.3 Å². The lowest BCUT2D eigenvalue weighted by Gasteiger charge is -2.29. The minimum atomic E-state index is -3.57. The second-order valence-corrected chi connectivity index (χ2v) is 8.72. The van der Waals surface area contributed by atoms with Gasteiger partial charge in [-0.2, -0.15) is 4.31 Å². The third-order valence-electron chi connectivity index (χ3n) is 4.38. The SMILES string of the molecule is CC(C)CCN(CCC(=O)N1CCNCC1)S(=O)(=O)c1ccccc1. The van der Waals surface area contributed by atoms with E-state index in [0.717, 1.165) is 19.5 Å². The zero-order valence-corrected chi connectivity index (χ0v) is 16.0. The highest BCUT2D eigenvalue weighted by atomic mass is 32.2. The first-order valence-electron chi connectivity index (χ1n) is 8.95. The third-order valence-corrected chi connectivity index (χ3v) is 6.29. The molecule has 25 heavy (non-hydrogen) atoms. The molecule has 0 radical (unpaired) electrons. The predicted molar refractivity (Wildman–Crippen MR) is 98.7 cm³/mol. The summed E-state index contributed by atoms with van der Waals surface area (Å²) in [6, 6.07) is 8.45. The number of benzene rings is 1. The number of hydrogen-bond acceptors (Lipinski definition) is 4. The van der Waals surface area contributed by atoms with Crippen molar-refractivity contribution in [2.45, 2.75) is 31.6 Å². The fraction of sp³-hybridized carbons (Fsp3) is 0.611. The van der Waals surface area contributed by atoms with Crippen LogP contribution >= 0.6 is 0 Å². The molecule has 1 fully saturated rings. The van der Waals surface area contributed by atoms with Gasteiger partial charge in [-0.25, -0.2) is 8.42 Å². The summed E-state index contributed by atoms with van der Waals surface area (Å²) in [6.07, 6.45) is 0.998. The smallest absolute Gasteiger partial charge is 0.243 e. The number of hydrogen-bond donors (Lipinski definition) is 1. The summed E-state index contributed by atoms with van der Waals surface area (Å²) in [5.74, 6) is 0.427. The van der Waals surface area contributed by atoms with Gasteiger partial charge in [-0.3, -0.25) is 4.79 Å². The molecule has 1 N–H and O–H groups in total. The van der Waals surface area contributed by atoms with Gasteiger partial charge in [-0.1, -0.05) is 32.0 Å². The molecule has 2 rings (SSSR count). The van der Waals surface area contributed by atoms with E-state index in [1.807, 2.05) is 4.90 Å². The molecule has 0 atom stereocenters. The van der Waals surface area contributed by atoms with E-state index < -0.39 is 10.0 Å². The lowest BCUT2D eigenvalue weighted by Crippen LogP contribution is -2.47. The Labute approximate surface area is 151 Å². The Morgan fingerprint density at radius 3 is 2.40 bits per heavy atom. The summed E-state index contributed by atoms with van der Waals surface area (Å²) in [5.41, 5.74) is 0. The molecule has 0 spiro atoms. The lowest BCUT2D eigenvalue weighted by molar-refractivity contribution is -0.131. The average molecular weight is 368 g/mol. The van der Waals surface area contributed by atoms with Crippen molar-refractivity contribution >= 4 is 15.9 Å². The van der Waals surface area contributed by atoms with Crippen LogP contribution in [0.15, 0.2) is 35.2 Å². The number of carbonyl (C=O) groups excluding carboxylic acids is 1. The molecule has 0 aromatic heterocycles. The fourth-order valence-corrected chi connectivity index (χ4v) is 4.27. The molecule has 1 aliphatic heterocycles. The lowest BCUT2D eigenvalue weighted by atomic mass is 10.1. The highest BCUT2D eigenvalue weighted by Crippen LogP contribution is 2.17. The van der Waals surface area contributed by atoms with E-state index >= 15 is 0 Å². The molecule has 0 aliphatic carbocycles. The number of rotatable bonds is 8. The van der Waals surface area contributed by atoms with Crippen LogP contribution in [0.5, 0.6) is 0 Å². The first-order chi connectivity index (χ1) is 11.9. The molecule has 1 amide bonds. The Morgan fingerprint density at radius 1 is 1.16 bits per heavy atom. The van der Waals surface area contributed by atoms with Crippen LogP contribution in [-0.4, -0.2) is 62.8 Å². The summed E-state index contributed by atoms with van der Waals surface area (Å²) in [5, 5.41) is 3.21. The first-order valence-corrected chi connectivity index (χ1v) is 10.4. The Hall–Kier alpha value is -1.44. The van der Waals surface area contributed by atoms with Crippen LogP contribution in [0, 0.1) is 5.92 Å². The van der Waals surface area contributed by atoms with Crippen LogP contribution in [0.4, 0.5) is 0 Å². The van der Waals surface area contributed by atoms with Crippen LogP contribution in [0.25, 0.3) is 0 Å². The number of piperazine rings is 1. The van der Waals surface area contributed by atoms with Crippen LogP contribution in [0.2, 0.25) is 0 Å². The van der Waals surface area contributed by atoms with Crippen LogP contribution in [0.3, 0.4) is 0 Å². The molecule has 1 saturated heterocycles. The highest BCUT2D eigenvalue weighted by molar-refractivity contribution is 7.89. The summed E-state index contributed by atoms with van der Waals surface area (Å²) in [7, 11) is -3.57. The van der Waals surface area contributed by atoms with E-state index in [1.54, 1.807) is 30.3 Å². The minimum Gasteiger partial charge on any atom is -0.340 e. The number of nitrogens with zero attached hydrogens (tertiary/aromatic N) is 2. The van der Waals surface area contributed by atoms with Crippen LogP contribution < -0.4 is 5.32 Å². The molecule has 1 aliphatic rings. The molecular weight excluding hydrogens is 338 g/mol. The summed E-state index contributed by atoms with van der Waals surface area (Å²) in [4.78, 5) is 14.5. The maximum absolute atomic E-state index is 12.9. The maximum atomic E-state index is 12.9. The molecule has 0 saturated carbocycles. The molecule has 0 bridgehead atoms. The summed E-state index contributed by atoms with van der Waals surface area (Å²) in [6.45, 7) is 7.78. The van der Waals surface area contributed by atoms with Gasteiger partial charge in [0, 0.05) is 45.7 Å². The number of carbonyl (C=O) groups is 1. The standard InChI is InChI=1S/C18H29N3O3S/c1-16(2)8-12-21(25(23,24)17-6-4-3-5-7-17)13-9-18(22)20-14-10-19-11-15-20/h3-7,16,19H,8-15H2,1-2H3. The predicted octanol–water partition coefficient (Wildman–Crippen LogP) is 1.55. The van der Waals surface area contributed by atoms with Gasteiger partial charge in [0.1, 0.15) is 0 Å². The van der Waals surface area contributed by atoms with E-state index in [9.17, 15) is 13.2 Å². The Morgan fingerprint density at radius 2 is 1.80 bits per heavy atom. The zero-order valence-electron chi connectivity index (χ0n) is 15.1. The Balaban J connectivity index is 2.06. The average Bonchev–Trinajstić information content (AvgIpc) is 2.62. The van der Waals surface area contributed by atoms with E-state index in [0.29, 0.717) is 25.6 Å². The van der Waals surface area contributed by atoms with Crippen molar-refractivity contribution in [1.29, 1.82) is 0 Å². The van der Waals surface area contributed by atoms with Crippen molar-refractivity contribution in [2.24, 2.45) is 5.92 Å². The minimum absolute atomic E-state index is 0.0271.